The lowest BCUT2D eigenvalue weighted by molar-refractivity contribution is 0.262. The Hall–Kier alpha value is -1.47. The summed E-state index contributed by atoms with van der Waals surface area (Å²) >= 11 is 5.91. The van der Waals surface area contributed by atoms with Crippen molar-refractivity contribution in [1.29, 1.82) is 0 Å². The lowest BCUT2D eigenvalue weighted by atomic mass is 9.85. The van der Waals surface area contributed by atoms with Crippen LogP contribution in [0.25, 0.3) is 0 Å². The second-order valence-corrected chi connectivity index (χ2v) is 4.62. The summed E-state index contributed by atoms with van der Waals surface area (Å²) in [5.41, 5.74) is 0.151. The Morgan fingerprint density at radius 1 is 1.65 bits per heavy atom. The molecule has 0 amide bonds. The third-order valence-electron chi connectivity index (χ3n) is 3.02. The molecule has 1 aromatic heterocycles. The van der Waals surface area contributed by atoms with E-state index in [-0.39, 0.29) is 12.1 Å². The number of nitrogens with zero attached hydrogens (tertiary/aromatic N) is 2. The van der Waals surface area contributed by atoms with Crippen LogP contribution in [0.4, 0.5) is 5.69 Å². The number of terminal acetylenes is 1. The first kappa shape index (κ1) is 12.0. The van der Waals surface area contributed by atoms with Crippen molar-refractivity contribution in [2.45, 2.75) is 25.8 Å². The van der Waals surface area contributed by atoms with Gasteiger partial charge in [0.1, 0.15) is 5.69 Å². The highest BCUT2D eigenvalue weighted by atomic mass is 35.5. The molecule has 1 N–H and O–H groups in total. The maximum atomic E-state index is 12.1. The maximum absolute atomic E-state index is 12.1. The largest absolute Gasteiger partial charge is 0.368 e. The number of nitrogens with one attached hydrogen (secondary N) is 1. The molecule has 1 aliphatic carbocycles. The average Bonchev–Trinajstić information content (AvgIpc) is 2.25. The molecular weight excluding hydrogens is 238 g/mol. The van der Waals surface area contributed by atoms with Gasteiger partial charge in [0.15, 0.2) is 0 Å². The number of hydrogen-bond donors (Lipinski definition) is 1. The first-order valence-electron chi connectivity index (χ1n) is 5.65. The van der Waals surface area contributed by atoms with E-state index in [2.05, 4.69) is 16.3 Å². The minimum Gasteiger partial charge on any atom is -0.368 e. The summed E-state index contributed by atoms with van der Waals surface area (Å²) in [4.78, 5) is 12.1. The van der Waals surface area contributed by atoms with E-state index >= 15 is 0 Å². The van der Waals surface area contributed by atoms with E-state index in [0.29, 0.717) is 23.2 Å². The topological polar surface area (TPSA) is 46.9 Å². The zero-order chi connectivity index (χ0) is 12.3. The monoisotopic (exact) mass is 251 g/mol. The predicted molar refractivity (Wildman–Crippen MR) is 68.2 cm³/mol. The van der Waals surface area contributed by atoms with Crippen LogP contribution in [0.5, 0.6) is 0 Å². The van der Waals surface area contributed by atoms with Crippen molar-refractivity contribution in [3.63, 3.8) is 0 Å². The van der Waals surface area contributed by atoms with E-state index in [1.54, 1.807) is 0 Å². The Labute approximate surface area is 105 Å². The molecule has 0 atom stereocenters. The van der Waals surface area contributed by atoms with Gasteiger partial charge in [-0.05, 0) is 18.8 Å². The Balaban J connectivity index is 2.22. The van der Waals surface area contributed by atoms with Crippen LogP contribution in [0.1, 0.15) is 19.3 Å². The zero-order valence-electron chi connectivity index (χ0n) is 9.45. The molecule has 2 rings (SSSR count). The normalized spacial score (nSPS) is 15.1. The minimum absolute atomic E-state index is 0.195. The minimum atomic E-state index is -0.195. The van der Waals surface area contributed by atoms with E-state index in [0.717, 1.165) is 0 Å². The Bertz CT molecular complexity index is 499. The van der Waals surface area contributed by atoms with Gasteiger partial charge in [-0.3, -0.25) is 4.79 Å². The van der Waals surface area contributed by atoms with Crippen molar-refractivity contribution in [1.82, 2.24) is 9.78 Å². The third kappa shape index (κ3) is 2.62. The predicted octanol–water partition coefficient (Wildman–Crippen LogP) is 1.74. The number of aromatic nitrogens is 2. The Kier molecular flexibility index (Phi) is 3.70. The molecule has 1 aliphatic rings. The van der Waals surface area contributed by atoms with Crippen molar-refractivity contribution in [3.05, 3.63) is 21.6 Å². The summed E-state index contributed by atoms with van der Waals surface area (Å²) in [6, 6.07) is 0. The second kappa shape index (κ2) is 5.24. The molecule has 90 valence electrons. The fourth-order valence-corrected chi connectivity index (χ4v) is 2.01. The molecule has 0 aromatic carbocycles. The summed E-state index contributed by atoms with van der Waals surface area (Å²) < 4.78 is 1.47. The fourth-order valence-electron chi connectivity index (χ4n) is 1.82. The molecule has 0 bridgehead atoms. The Morgan fingerprint density at radius 3 is 3.00 bits per heavy atom. The number of rotatable bonds is 4. The second-order valence-electron chi connectivity index (χ2n) is 4.21. The van der Waals surface area contributed by atoms with Gasteiger partial charge in [-0.1, -0.05) is 23.9 Å². The van der Waals surface area contributed by atoms with Gasteiger partial charge < -0.3 is 5.32 Å². The highest BCUT2D eigenvalue weighted by Gasteiger charge is 2.20. The van der Waals surface area contributed by atoms with Gasteiger partial charge in [0.05, 0.1) is 17.8 Å². The number of halogens is 1. The van der Waals surface area contributed by atoms with Crippen molar-refractivity contribution in [2.75, 3.05) is 11.9 Å². The van der Waals surface area contributed by atoms with Crippen molar-refractivity contribution >= 4 is 17.3 Å². The number of anilines is 1. The molecule has 0 radical (unpaired) electrons. The fraction of sp³-hybridized carbons (Fsp3) is 0.500. The molecule has 5 heteroatoms. The van der Waals surface area contributed by atoms with Gasteiger partial charge in [-0.25, -0.2) is 4.68 Å². The van der Waals surface area contributed by atoms with Crippen molar-refractivity contribution < 1.29 is 0 Å². The molecule has 0 aliphatic heterocycles. The van der Waals surface area contributed by atoms with Gasteiger partial charge in [0.2, 0.25) is 0 Å². The van der Waals surface area contributed by atoms with E-state index in [1.807, 2.05) is 0 Å². The van der Waals surface area contributed by atoms with E-state index < -0.39 is 0 Å². The van der Waals surface area contributed by atoms with Gasteiger partial charge >= 0.3 is 0 Å². The summed E-state index contributed by atoms with van der Waals surface area (Å²) in [6.45, 7) is 0.948. The van der Waals surface area contributed by atoms with Crippen LogP contribution in [-0.2, 0) is 6.54 Å². The highest BCUT2D eigenvalue weighted by Crippen LogP contribution is 2.27. The van der Waals surface area contributed by atoms with E-state index in [4.69, 9.17) is 18.0 Å². The summed E-state index contributed by atoms with van der Waals surface area (Å²) in [5, 5.41) is 7.20. The van der Waals surface area contributed by atoms with E-state index in [9.17, 15) is 4.79 Å². The first-order chi connectivity index (χ1) is 8.22. The summed E-state index contributed by atoms with van der Waals surface area (Å²) in [7, 11) is 0. The van der Waals surface area contributed by atoms with Gasteiger partial charge in [-0.15, -0.1) is 6.42 Å². The zero-order valence-corrected chi connectivity index (χ0v) is 10.2. The molecule has 1 saturated carbocycles. The van der Waals surface area contributed by atoms with Gasteiger partial charge in [0.25, 0.3) is 5.56 Å². The quantitative estimate of drug-likeness (QED) is 0.830. The van der Waals surface area contributed by atoms with Crippen LogP contribution in [0.15, 0.2) is 11.0 Å². The first-order valence-corrected chi connectivity index (χ1v) is 6.03. The molecule has 1 heterocycles. The molecule has 1 aromatic rings. The van der Waals surface area contributed by atoms with Crippen LogP contribution >= 0.6 is 11.6 Å². The molecule has 1 fully saturated rings. The van der Waals surface area contributed by atoms with Gasteiger partial charge in [0, 0.05) is 6.54 Å². The van der Waals surface area contributed by atoms with Crippen LogP contribution < -0.4 is 10.9 Å². The molecule has 0 unspecified atom stereocenters. The molecule has 4 nitrogen and oxygen atoms in total. The standard InChI is InChI=1S/C12H14ClN3O/c1-2-6-14-11-10(13)7-15-16(12(11)17)8-9-4-3-5-9/h1,7,9,14H,3-6,8H2. The lowest BCUT2D eigenvalue weighted by Gasteiger charge is -2.25. The lowest BCUT2D eigenvalue weighted by Crippen LogP contribution is -2.30. The van der Waals surface area contributed by atoms with E-state index in [1.165, 1.54) is 30.1 Å². The van der Waals surface area contributed by atoms with Crippen LogP contribution in [-0.4, -0.2) is 16.3 Å². The molecule has 17 heavy (non-hydrogen) atoms. The number of hydrogen-bond acceptors (Lipinski definition) is 3. The maximum Gasteiger partial charge on any atom is 0.291 e. The van der Waals surface area contributed by atoms with Crippen LogP contribution in [0.2, 0.25) is 5.02 Å². The SMILES string of the molecule is C#CCNc1c(Cl)cnn(CC2CCC2)c1=O. The van der Waals surface area contributed by atoms with Crippen molar-refractivity contribution in [3.8, 4) is 12.3 Å². The highest BCUT2D eigenvalue weighted by molar-refractivity contribution is 6.33. The smallest absolute Gasteiger partial charge is 0.291 e. The molecule has 0 saturated heterocycles. The Morgan fingerprint density at radius 2 is 2.41 bits per heavy atom. The summed E-state index contributed by atoms with van der Waals surface area (Å²) in [6.07, 6.45) is 10.2. The summed E-state index contributed by atoms with van der Waals surface area (Å²) in [5.74, 6) is 2.99. The van der Waals surface area contributed by atoms with Crippen molar-refractivity contribution in [2.24, 2.45) is 5.92 Å². The third-order valence-corrected chi connectivity index (χ3v) is 3.31. The molecular formula is C12H14ClN3O. The molecule has 0 spiro atoms. The van der Waals surface area contributed by atoms with Crippen LogP contribution in [0.3, 0.4) is 0 Å². The van der Waals surface area contributed by atoms with Crippen LogP contribution in [0, 0.1) is 18.3 Å². The average molecular weight is 252 g/mol. The van der Waals surface area contributed by atoms with Gasteiger partial charge in [-0.2, -0.15) is 5.10 Å².